The fourth-order valence-electron chi connectivity index (χ4n) is 1.64. The van der Waals surface area contributed by atoms with Crippen molar-refractivity contribution in [2.24, 2.45) is 0 Å². The number of carbonyl (C=O) groups is 1. The van der Waals surface area contributed by atoms with Crippen molar-refractivity contribution in [2.75, 3.05) is 6.61 Å². The molecule has 0 bridgehead atoms. The number of para-hydroxylation sites is 1. The fourth-order valence-corrected chi connectivity index (χ4v) is 2.00. The van der Waals surface area contributed by atoms with Crippen LogP contribution in [-0.4, -0.2) is 17.5 Å². The zero-order valence-corrected chi connectivity index (χ0v) is 12.3. The van der Waals surface area contributed by atoms with E-state index < -0.39 is 0 Å². The Morgan fingerprint density at radius 2 is 1.79 bits per heavy atom. The maximum atomic E-state index is 11.9. The van der Waals surface area contributed by atoms with Gasteiger partial charge < -0.3 is 9.84 Å². The quantitative estimate of drug-likeness (QED) is 0.652. The summed E-state index contributed by atoms with van der Waals surface area (Å²) in [6.45, 7) is -0.133. The van der Waals surface area contributed by atoms with E-state index in [9.17, 15) is 4.79 Å². The molecule has 0 aliphatic rings. The molecule has 0 aromatic heterocycles. The largest absolute Gasteiger partial charge is 0.485 e. The monoisotopic (exact) mass is 368 g/mol. The van der Waals surface area contributed by atoms with Gasteiger partial charge in [-0.05, 0) is 40.8 Å². The summed E-state index contributed by atoms with van der Waals surface area (Å²) in [6.07, 6.45) is 0. The van der Waals surface area contributed by atoms with Crippen molar-refractivity contribution in [3.63, 3.8) is 0 Å². The third kappa shape index (κ3) is 3.78. The Kier molecular flexibility index (Phi) is 4.93. The lowest BCUT2D eigenvalue weighted by Crippen LogP contribution is -2.12. The molecule has 2 rings (SSSR count). The molecule has 0 fully saturated rings. The third-order valence-corrected chi connectivity index (χ3v) is 3.39. The molecule has 0 radical (unpaired) electrons. The number of hydrogen-bond donors (Lipinski definition) is 1. The molecule has 4 heteroatoms. The van der Waals surface area contributed by atoms with Gasteiger partial charge in [0, 0.05) is 14.7 Å². The Balaban J connectivity index is 2.02. The molecule has 0 amide bonds. The Bertz CT molecular complexity index is 564. The van der Waals surface area contributed by atoms with Crippen molar-refractivity contribution in [3.8, 4) is 5.75 Å². The summed E-state index contributed by atoms with van der Waals surface area (Å²) in [5, 5.41) is 9.17. The number of carbonyl (C=O) groups excluding carboxylic acids is 1. The molecular formula is C15H13IO3. The van der Waals surface area contributed by atoms with Gasteiger partial charge in [0.15, 0.2) is 12.4 Å². The molecule has 98 valence electrons. The number of aliphatic hydroxyl groups excluding tert-OH is 1. The lowest BCUT2D eigenvalue weighted by atomic mass is 10.1. The van der Waals surface area contributed by atoms with Gasteiger partial charge in [-0.25, -0.2) is 0 Å². The second-order valence-corrected chi connectivity index (χ2v) is 5.23. The number of ether oxygens (including phenoxy) is 1. The molecule has 2 aromatic rings. The first-order valence-corrected chi connectivity index (χ1v) is 6.89. The first-order chi connectivity index (χ1) is 9.20. The van der Waals surface area contributed by atoms with Crippen LogP contribution in [0.3, 0.4) is 0 Å². The number of aliphatic hydroxyl groups is 1. The average molecular weight is 368 g/mol. The molecule has 0 saturated carbocycles. The summed E-state index contributed by atoms with van der Waals surface area (Å²) in [5.41, 5.74) is 1.31. The molecular weight excluding hydrogens is 355 g/mol. The van der Waals surface area contributed by atoms with Crippen molar-refractivity contribution >= 4 is 28.4 Å². The predicted octanol–water partition coefficient (Wildman–Crippen LogP) is 3.05. The van der Waals surface area contributed by atoms with E-state index in [1.807, 2.05) is 24.3 Å². The second-order valence-electron chi connectivity index (χ2n) is 3.98. The Labute approximate surface area is 125 Å². The average Bonchev–Trinajstić information content (AvgIpc) is 2.45. The van der Waals surface area contributed by atoms with Gasteiger partial charge in [0.05, 0.1) is 6.61 Å². The highest BCUT2D eigenvalue weighted by Crippen LogP contribution is 2.18. The number of Topliss-reactive ketones (excluding diaryl/α,β-unsaturated/α-hetero) is 1. The van der Waals surface area contributed by atoms with Crippen LogP contribution in [0.5, 0.6) is 5.75 Å². The normalized spacial score (nSPS) is 10.2. The molecule has 0 heterocycles. The highest BCUT2D eigenvalue weighted by atomic mass is 127. The molecule has 0 aliphatic carbocycles. The van der Waals surface area contributed by atoms with Crippen LogP contribution in [0.1, 0.15) is 15.9 Å². The Morgan fingerprint density at radius 1 is 1.11 bits per heavy atom. The predicted molar refractivity (Wildman–Crippen MR) is 81.3 cm³/mol. The minimum absolute atomic E-state index is 0.0302. The maximum Gasteiger partial charge on any atom is 0.200 e. The Hall–Kier alpha value is -1.40. The van der Waals surface area contributed by atoms with Crippen molar-refractivity contribution in [1.29, 1.82) is 0 Å². The van der Waals surface area contributed by atoms with Gasteiger partial charge in [0.2, 0.25) is 0 Å². The first kappa shape index (κ1) is 14.0. The zero-order chi connectivity index (χ0) is 13.7. The number of ketones is 1. The van der Waals surface area contributed by atoms with Crippen LogP contribution >= 0.6 is 22.6 Å². The highest BCUT2D eigenvalue weighted by Gasteiger charge is 2.08. The molecule has 19 heavy (non-hydrogen) atoms. The zero-order valence-electron chi connectivity index (χ0n) is 10.2. The van der Waals surface area contributed by atoms with Crippen LogP contribution in [0.25, 0.3) is 0 Å². The number of halogens is 1. The summed E-state index contributed by atoms with van der Waals surface area (Å²) in [5.74, 6) is 0.466. The van der Waals surface area contributed by atoms with Gasteiger partial charge in [-0.3, -0.25) is 4.79 Å². The van der Waals surface area contributed by atoms with E-state index in [0.29, 0.717) is 16.9 Å². The highest BCUT2D eigenvalue weighted by molar-refractivity contribution is 14.1. The van der Waals surface area contributed by atoms with Crippen LogP contribution in [0.2, 0.25) is 0 Å². The summed E-state index contributed by atoms with van der Waals surface area (Å²) >= 11 is 2.19. The number of benzene rings is 2. The van der Waals surface area contributed by atoms with Crippen LogP contribution in [0.4, 0.5) is 0 Å². The van der Waals surface area contributed by atoms with Gasteiger partial charge in [0.1, 0.15) is 5.75 Å². The van der Waals surface area contributed by atoms with E-state index in [2.05, 4.69) is 22.6 Å². The van der Waals surface area contributed by atoms with Gasteiger partial charge in [-0.1, -0.05) is 30.3 Å². The van der Waals surface area contributed by atoms with Gasteiger partial charge in [0.25, 0.3) is 0 Å². The number of rotatable bonds is 5. The van der Waals surface area contributed by atoms with Gasteiger partial charge in [-0.2, -0.15) is 0 Å². The van der Waals surface area contributed by atoms with Crippen LogP contribution in [0, 0.1) is 3.57 Å². The molecule has 2 aromatic carbocycles. The molecule has 1 N–H and O–H groups in total. The molecule has 0 unspecified atom stereocenters. The standard InChI is InChI=1S/C15H13IO3/c16-13-7-5-11(6-8-13)14(18)10-19-15-4-2-1-3-12(15)9-17/h1-8,17H,9-10H2. The minimum Gasteiger partial charge on any atom is -0.485 e. The summed E-state index contributed by atoms with van der Waals surface area (Å²) < 4.78 is 6.55. The van der Waals surface area contributed by atoms with Crippen LogP contribution in [0.15, 0.2) is 48.5 Å². The first-order valence-electron chi connectivity index (χ1n) is 5.81. The van der Waals surface area contributed by atoms with Crippen molar-refractivity contribution in [3.05, 3.63) is 63.2 Å². The fraction of sp³-hybridized carbons (Fsp3) is 0.133. The van der Waals surface area contributed by atoms with E-state index in [1.165, 1.54) is 0 Å². The number of hydrogen-bond acceptors (Lipinski definition) is 3. The van der Waals surface area contributed by atoms with Crippen molar-refractivity contribution in [2.45, 2.75) is 6.61 Å². The summed E-state index contributed by atoms with van der Waals surface area (Å²) in [4.78, 5) is 11.9. The van der Waals surface area contributed by atoms with Crippen LogP contribution < -0.4 is 4.74 Å². The van der Waals surface area contributed by atoms with Gasteiger partial charge in [-0.15, -0.1) is 0 Å². The maximum absolute atomic E-state index is 11.9. The summed E-state index contributed by atoms with van der Waals surface area (Å²) in [6, 6.07) is 14.5. The minimum atomic E-state index is -0.103. The summed E-state index contributed by atoms with van der Waals surface area (Å²) in [7, 11) is 0. The second kappa shape index (κ2) is 6.68. The lowest BCUT2D eigenvalue weighted by Gasteiger charge is -2.09. The van der Waals surface area contributed by atoms with E-state index in [1.54, 1.807) is 24.3 Å². The van der Waals surface area contributed by atoms with E-state index in [-0.39, 0.29) is 19.0 Å². The molecule has 0 saturated heterocycles. The molecule has 0 atom stereocenters. The van der Waals surface area contributed by atoms with Crippen LogP contribution in [-0.2, 0) is 6.61 Å². The molecule has 0 spiro atoms. The third-order valence-electron chi connectivity index (χ3n) is 2.67. The smallest absolute Gasteiger partial charge is 0.200 e. The van der Waals surface area contributed by atoms with Crippen molar-refractivity contribution in [1.82, 2.24) is 0 Å². The molecule has 0 aliphatic heterocycles. The molecule has 3 nitrogen and oxygen atoms in total. The van der Waals surface area contributed by atoms with E-state index in [0.717, 1.165) is 3.57 Å². The lowest BCUT2D eigenvalue weighted by molar-refractivity contribution is 0.0919. The van der Waals surface area contributed by atoms with Crippen molar-refractivity contribution < 1.29 is 14.6 Å². The van der Waals surface area contributed by atoms with E-state index in [4.69, 9.17) is 9.84 Å². The van der Waals surface area contributed by atoms with E-state index >= 15 is 0 Å². The SMILES string of the molecule is O=C(COc1ccccc1CO)c1ccc(I)cc1. The topological polar surface area (TPSA) is 46.5 Å². The Morgan fingerprint density at radius 3 is 2.47 bits per heavy atom. The van der Waals surface area contributed by atoms with Gasteiger partial charge >= 0.3 is 0 Å².